The number of hydrogen-bond acceptors (Lipinski definition) is 6. The Bertz CT molecular complexity index is 1340. The predicted molar refractivity (Wildman–Crippen MR) is 123 cm³/mol. The summed E-state index contributed by atoms with van der Waals surface area (Å²) in [6.45, 7) is 0. The summed E-state index contributed by atoms with van der Waals surface area (Å²) in [4.78, 5) is 32.7. The summed E-state index contributed by atoms with van der Waals surface area (Å²) in [5, 5.41) is 19.1. The van der Waals surface area contributed by atoms with Gasteiger partial charge in [-0.1, -0.05) is 0 Å². The zero-order chi connectivity index (χ0) is 28.4. The third-order valence-electron chi connectivity index (χ3n) is 6.41. The Morgan fingerprint density at radius 1 is 1.13 bits per heavy atom. The Labute approximate surface area is 217 Å². The highest BCUT2D eigenvalue weighted by atomic mass is 19.4. The van der Waals surface area contributed by atoms with Gasteiger partial charge < -0.3 is 15.7 Å². The Hall–Kier alpha value is -3.75. The summed E-state index contributed by atoms with van der Waals surface area (Å²) in [7, 11) is 0. The number of carbonyl (C=O) groups is 2. The minimum atomic E-state index is -4.53. The van der Waals surface area contributed by atoms with E-state index in [1.54, 1.807) is 0 Å². The highest BCUT2D eigenvalue weighted by molar-refractivity contribution is 5.94. The van der Waals surface area contributed by atoms with Gasteiger partial charge in [-0.15, -0.1) is 0 Å². The van der Waals surface area contributed by atoms with Crippen LogP contribution in [0.4, 0.5) is 26.3 Å². The van der Waals surface area contributed by atoms with Crippen LogP contribution in [-0.4, -0.2) is 48.6 Å². The van der Waals surface area contributed by atoms with Crippen molar-refractivity contribution in [2.24, 2.45) is 5.92 Å². The van der Waals surface area contributed by atoms with Crippen LogP contribution in [0.5, 0.6) is 0 Å². The molecule has 39 heavy (non-hydrogen) atoms. The van der Waals surface area contributed by atoms with Crippen LogP contribution >= 0.6 is 0 Å². The highest BCUT2D eigenvalue weighted by Gasteiger charge is 2.39. The average Bonchev–Trinajstić information content (AvgIpc) is 3.29. The molecule has 2 atom stereocenters. The fraction of sp³-hybridized carbons (Fsp3) is 0.458. The summed E-state index contributed by atoms with van der Waals surface area (Å²) in [5.41, 5.74) is 0.369. The molecule has 210 valence electrons. The number of hydrogen-bond donors (Lipinski definition) is 3. The fourth-order valence-corrected chi connectivity index (χ4v) is 4.36. The maximum absolute atomic E-state index is 13.8. The number of carbonyl (C=O) groups excluding carboxylic acids is 2. The first-order valence-corrected chi connectivity index (χ1v) is 12.0. The van der Waals surface area contributed by atoms with Crippen LogP contribution in [0.15, 0.2) is 36.9 Å². The van der Waals surface area contributed by atoms with Gasteiger partial charge in [-0.2, -0.15) is 18.3 Å². The lowest BCUT2D eigenvalue weighted by Crippen LogP contribution is -2.37. The zero-order valence-corrected chi connectivity index (χ0v) is 20.3. The molecule has 3 heterocycles. The molecule has 0 spiro atoms. The van der Waals surface area contributed by atoms with Crippen LogP contribution in [0.25, 0.3) is 5.65 Å². The molecule has 2 amide bonds. The SMILES string of the molecule is O=C(CCC(F)(F)F)N[C@H](O)c1cnn2cc([C@@H](NC(=O)c3cncc(F)c3)C3CCC(F)(F)CC3)nc2c1. The molecular formula is C24H24F6N6O3. The quantitative estimate of drug-likeness (QED) is 0.284. The van der Waals surface area contributed by atoms with Crippen molar-refractivity contribution in [3.8, 4) is 0 Å². The second-order valence-electron chi connectivity index (χ2n) is 9.38. The van der Waals surface area contributed by atoms with Crippen molar-refractivity contribution in [1.82, 2.24) is 30.2 Å². The van der Waals surface area contributed by atoms with Gasteiger partial charge in [0, 0.05) is 31.0 Å². The van der Waals surface area contributed by atoms with Gasteiger partial charge in [0.1, 0.15) is 5.82 Å². The fourth-order valence-electron chi connectivity index (χ4n) is 4.36. The minimum absolute atomic E-state index is 0.0312. The van der Waals surface area contributed by atoms with Crippen molar-refractivity contribution in [2.75, 3.05) is 0 Å². The van der Waals surface area contributed by atoms with Crippen molar-refractivity contribution in [3.63, 3.8) is 0 Å². The van der Waals surface area contributed by atoms with E-state index in [4.69, 9.17) is 0 Å². The number of alkyl halides is 5. The average molecular weight is 558 g/mol. The van der Waals surface area contributed by atoms with Crippen LogP contribution < -0.4 is 10.6 Å². The van der Waals surface area contributed by atoms with Crippen molar-refractivity contribution in [1.29, 1.82) is 0 Å². The molecule has 3 aromatic heterocycles. The topological polar surface area (TPSA) is 122 Å². The normalized spacial score (nSPS) is 17.5. The number of fused-ring (bicyclic) bond motifs is 1. The Kier molecular flexibility index (Phi) is 8.09. The van der Waals surface area contributed by atoms with E-state index in [2.05, 4.69) is 20.4 Å². The number of nitrogens with one attached hydrogen (secondary N) is 2. The first-order valence-electron chi connectivity index (χ1n) is 12.0. The molecular weight excluding hydrogens is 534 g/mol. The smallest absolute Gasteiger partial charge is 0.369 e. The van der Waals surface area contributed by atoms with E-state index in [0.717, 1.165) is 18.5 Å². The number of aliphatic hydroxyl groups is 1. The Morgan fingerprint density at radius 2 is 1.85 bits per heavy atom. The van der Waals surface area contributed by atoms with Crippen LogP contribution in [0.1, 0.15) is 72.4 Å². The van der Waals surface area contributed by atoms with Gasteiger partial charge in [-0.3, -0.25) is 14.6 Å². The third-order valence-corrected chi connectivity index (χ3v) is 6.41. The molecule has 0 radical (unpaired) electrons. The van der Waals surface area contributed by atoms with Gasteiger partial charge in [0.15, 0.2) is 11.9 Å². The van der Waals surface area contributed by atoms with Crippen molar-refractivity contribution in [2.45, 2.75) is 62.9 Å². The third kappa shape index (κ3) is 7.43. The lowest BCUT2D eigenvalue weighted by molar-refractivity contribution is -0.145. The molecule has 1 aliphatic rings. The molecule has 4 rings (SSSR count). The number of rotatable bonds is 8. The number of pyridine rings is 1. The standard InChI is InChI=1S/C24H24F6N6O3/c25-16-7-14(9-31-11-16)22(39)35-20(13-1-4-23(26,27)5-2-13)17-12-36-18(33-17)8-15(10-32-36)21(38)34-19(37)3-6-24(28,29)30/h7-13,20-21,38H,1-6H2,(H,34,37)(H,35,39)/t20-,21+/m0/s1. The summed E-state index contributed by atoms with van der Waals surface area (Å²) in [6, 6.07) is 1.46. The van der Waals surface area contributed by atoms with Crippen molar-refractivity contribution < 1.29 is 41.0 Å². The molecule has 0 saturated heterocycles. The van der Waals surface area contributed by atoms with Crippen molar-refractivity contribution in [3.05, 3.63) is 59.6 Å². The van der Waals surface area contributed by atoms with Crippen LogP contribution in [0.3, 0.4) is 0 Å². The number of halogens is 6. The second kappa shape index (κ2) is 11.2. The first kappa shape index (κ1) is 28.3. The number of aromatic nitrogens is 4. The van der Waals surface area contributed by atoms with E-state index in [9.17, 15) is 41.0 Å². The van der Waals surface area contributed by atoms with E-state index in [0.29, 0.717) is 0 Å². The summed E-state index contributed by atoms with van der Waals surface area (Å²) >= 11 is 0. The molecule has 1 aliphatic carbocycles. The molecule has 0 aromatic carbocycles. The molecule has 3 aromatic rings. The number of amides is 2. The first-order chi connectivity index (χ1) is 18.3. The molecule has 9 nitrogen and oxygen atoms in total. The van der Waals surface area contributed by atoms with Crippen LogP contribution in [0.2, 0.25) is 0 Å². The predicted octanol–water partition coefficient (Wildman–Crippen LogP) is 4.01. The van der Waals surface area contributed by atoms with Gasteiger partial charge in [0.25, 0.3) is 5.91 Å². The van der Waals surface area contributed by atoms with E-state index in [-0.39, 0.29) is 48.2 Å². The lowest BCUT2D eigenvalue weighted by atomic mass is 9.81. The Balaban J connectivity index is 1.56. The molecule has 0 bridgehead atoms. The highest BCUT2D eigenvalue weighted by Crippen LogP contribution is 2.41. The van der Waals surface area contributed by atoms with Crippen LogP contribution in [-0.2, 0) is 4.79 Å². The minimum Gasteiger partial charge on any atom is -0.369 e. The number of aliphatic hydroxyl groups excluding tert-OH is 1. The van der Waals surface area contributed by atoms with E-state index < -0.39 is 60.8 Å². The Morgan fingerprint density at radius 3 is 2.51 bits per heavy atom. The molecule has 1 saturated carbocycles. The van der Waals surface area contributed by atoms with Gasteiger partial charge >= 0.3 is 6.18 Å². The van der Waals surface area contributed by atoms with Gasteiger partial charge in [-0.05, 0) is 30.9 Å². The maximum Gasteiger partial charge on any atom is 0.389 e. The number of imidazole rings is 1. The number of nitrogens with zero attached hydrogens (tertiary/aromatic N) is 4. The molecule has 15 heteroatoms. The summed E-state index contributed by atoms with van der Waals surface area (Å²) in [6.07, 6.45) is -4.32. The van der Waals surface area contributed by atoms with E-state index in [1.807, 2.05) is 5.32 Å². The van der Waals surface area contributed by atoms with Gasteiger partial charge in [0.05, 0.1) is 42.3 Å². The largest absolute Gasteiger partial charge is 0.389 e. The molecule has 1 fully saturated rings. The van der Waals surface area contributed by atoms with Crippen molar-refractivity contribution >= 4 is 17.5 Å². The maximum atomic E-state index is 13.8. The second-order valence-corrected chi connectivity index (χ2v) is 9.38. The monoisotopic (exact) mass is 558 g/mol. The van der Waals surface area contributed by atoms with Crippen LogP contribution in [0, 0.1) is 11.7 Å². The summed E-state index contributed by atoms with van der Waals surface area (Å²) < 4.78 is 79.5. The van der Waals surface area contributed by atoms with E-state index in [1.165, 1.54) is 23.0 Å². The molecule has 3 N–H and O–H groups in total. The van der Waals surface area contributed by atoms with E-state index >= 15 is 0 Å². The lowest BCUT2D eigenvalue weighted by Gasteiger charge is -2.33. The zero-order valence-electron chi connectivity index (χ0n) is 20.3. The van der Waals surface area contributed by atoms with Gasteiger partial charge in [0.2, 0.25) is 11.8 Å². The molecule has 0 aliphatic heterocycles. The summed E-state index contributed by atoms with van der Waals surface area (Å²) in [5.74, 6) is -5.70. The molecule has 0 unspecified atom stereocenters. The van der Waals surface area contributed by atoms with Gasteiger partial charge in [-0.25, -0.2) is 22.7 Å².